The maximum absolute atomic E-state index is 12.8. The molecule has 0 saturated heterocycles. The molecule has 0 fully saturated rings. The van der Waals surface area contributed by atoms with E-state index in [1.807, 2.05) is 6.92 Å². The number of alkyl halides is 1. The molecule has 0 aliphatic carbocycles. The van der Waals surface area contributed by atoms with Crippen molar-refractivity contribution in [2.24, 2.45) is 0 Å². The zero-order chi connectivity index (χ0) is 18.6. The van der Waals surface area contributed by atoms with Gasteiger partial charge < -0.3 is 0 Å². The molecule has 8 heteroatoms. The summed E-state index contributed by atoms with van der Waals surface area (Å²) >= 11 is 3.32. The van der Waals surface area contributed by atoms with E-state index in [-0.39, 0.29) is 10.8 Å². The molecule has 0 saturated carbocycles. The second-order valence-corrected chi connectivity index (χ2v) is 8.50. The Morgan fingerprint density at radius 1 is 1.24 bits per heavy atom. The lowest BCUT2D eigenvalue weighted by Gasteiger charge is -2.18. The number of halogens is 1. The molecule has 1 heterocycles. The second kappa shape index (κ2) is 8.25. The average molecular weight is 428 g/mol. The van der Waals surface area contributed by atoms with E-state index in [4.69, 9.17) is 0 Å². The fourth-order valence-electron chi connectivity index (χ4n) is 2.49. The molecule has 25 heavy (non-hydrogen) atoms. The van der Waals surface area contributed by atoms with Gasteiger partial charge in [-0.2, -0.15) is 9.82 Å². The van der Waals surface area contributed by atoms with Crippen molar-refractivity contribution in [3.8, 4) is 0 Å². The molecule has 6 nitrogen and oxygen atoms in total. The van der Waals surface area contributed by atoms with Crippen LogP contribution in [0.2, 0.25) is 0 Å². The molecule has 1 unspecified atom stereocenters. The third-order valence-electron chi connectivity index (χ3n) is 3.77. The maximum Gasteiger partial charge on any atom is 0.265 e. The van der Waals surface area contributed by atoms with Crippen LogP contribution in [0.15, 0.2) is 35.2 Å². The van der Waals surface area contributed by atoms with E-state index in [0.717, 1.165) is 5.56 Å². The first-order valence-corrected chi connectivity index (χ1v) is 10.6. The van der Waals surface area contributed by atoms with Crippen LogP contribution in [-0.2, 0) is 10.0 Å². The van der Waals surface area contributed by atoms with Crippen molar-refractivity contribution in [1.29, 1.82) is 0 Å². The quantitative estimate of drug-likeness (QED) is 0.688. The zero-order valence-corrected chi connectivity index (χ0v) is 16.9. The first-order chi connectivity index (χ1) is 11.7. The molecule has 1 atom stereocenters. The number of carbonyl (C=O) groups excluding carboxylic acids is 1. The number of benzene rings is 1. The van der Waals surface area contributed by atoms with Gasteiger partial charge in [-0.3, -0.25) is 4.79 Å². The monoisotopic (exact) mass is 427 g/mol. The number of aromatic nitrogens is 2. The molecule has 0 spiro atoms. The molecule has 2 rings (SSSR count). The van der Waals surface area contributed by atoms with E-state index in [1.54, 1.807) is 32.0 Å². The fourth-order valence-corrected chi connectivity index (χ4v) is 4.03. The highest BCUT2D eigenvalue weighted by atomic mass is 79.9. The number of nitrogens with one attached hydrogen (secondary N) is 1. The molecule has 0 radical (unpaired) electrons. The predicted molar refractivity (Wildman–Crippen MR) is 101 cm³/mol. The fraction of sp³-hybridized carbons (Fsp3) is 0.412. The SMILES string of the molecule is Cc1ccc(S(=O)(=O)NC(CCCBr)C(=O)n2nc(C)cc2C)cc1. The van der Waals surface area contributed by atoms with Gasteiger partial charge in [0.05, 0.1) is 10.6 Å². The van der Waals surface area contributed by atoms with E-state index in [2.05, 4.69) is 25.8 Å². The van der Waals surface area contributed by atoms with Gasteiger partial charge in [-0.05, 0) is 51.8 Å². The van der Waals surface area contributed by atoms with Crippen LogP contribution in [0.5, 0.6) is 0 Å². The normalized spacial score (nSPS) is 13.0. The topological polar surface area (TPSA) is 81.1 Å². The van der Waals surface area contributed by atoms with Crippen molar-refractivity contribution in [2.45, 2.75) is 44.6 Å². The van der Waals surface area contributed by atoms with Gasteiger partial charge in [-0.1, -0.05) is 33.6 Å². The Labute approximate surface area is 156 Å². The summed E-state index contributed by atoms with van der Waals surface area (Å²) < 4.78 is 29.1. The number of rotatable bonds is 7. The minimum atomic E-state index is -3.79. The summed E-state index contributed by atoms with van der Waals surface area (Å²) in [6.45, 7) is 5.45. The minimum absolute atomic E-state index is 0.142. The lowest BCUT2D eigenvalue weighted by molar-refractivity contribution is 0.0846. The van der Waals surface area contributed by atoms with Crippen LogP contribution < -0.4 is 4.72 Å². The summed E-state index contributed by atoms with van der Waals surface area (Å²) in [6, 6.07) is 7.44. The van der Waals surface area contributed by atoms with Crippen molar-refractivity contribution in [1.82, 2.24) is 14.5 Å². The predicted octanol–water partition coefficient (Wildman–Crippen LogP) is 2.97. The molecule has 0 aliphatic rings. The Morgan fingerprint density at radius 2 is 1.88 bits per heavy atom. The van der Waals surface area contributed by atoms with Crippen molar-refractivity contribution < 1.29 is 13.2 Å². The molecule has 0 bridgehead atoms. The third-order valence-corrected chi connectivity index (χ3v) is 5.82. The third kappa shape index (κ3) is 4.99. The summed E-state index contributed by atoms with van der Waals surface area (Å²) in [7, 11) is -3.79. The smallest absolute Gasteiger partial charge is 0.265 e. The lowest BCUT2D eigenvalue weighted by atomic mass is 10.1. The number of aryl methyl sites for hydroxylation is 3. The largest absolute Gasteiger partial charge is 0.271 e. The number of hydrogen-bond acceptors (Lipinski definition) is 4. The summed E-state index contributed by atoms with van der Waals surface area (Å²) in [4.78, 5) is 12.9. The molecule has 1 aromatic carbocycles. The molecule has 1 N–H and O–H groups in total. The van der Waals surface area contributed by atoms with Crippen LogP contribution in [0.3, 0.4) is 0 Å². The van der Waals surface area contributed by atoms with Gasteiger partial charge in [0.2, 0.25) is 10.0 Å². The molecule has 1 aromatic heterocycles. The van der Waals surface area contributed by atoms with Crippen LogP contribution in [0, 0.1) is 20.8 Å². The van der Waals surface area contributed by atoms with E-state index in [0.29, 0.717) is 29.6 Å². The van der Waals surface area contributed by atoms with Gasteiger partial charge in [0, 0.05) is 11.0 Å². The number of hydrogen-bond donors (Lipinski definition) is 1. The Morgan fingerprint density at radius 3 is 2.40 bits per heavy atom. The maximum atomic E-state index is 12.8. The van der Waals surface area contributed by atoms with Crippen molar-refractivity contribution >= 4 is 31.9 Å². The summed E-state index contributed by atoms with van der Waals surface area (Å²) in [5.74, 6) is -0.373. The van der Waals surface area contributed by atoms with Crippen LogP contribution in [0.4, 0.5) is 0 Å². The van der Waals surface area contributed by atoms with E-state index in [1.165, 1.54) is 16.8 Å². The molecule has 0 aliphatic heterocycles. The first-order valence-electron chi connectivity index (χ1n) is 7.97. The summed E-state index contributed by atoms with van der Waals surface area (Å²) in [5.41, 5.74) is 2.36. The molecule has 2 aromatic rings. The second-order valence-electron chi connectivity index (χ2n) is 6.00. The minimum Gasteiger partial charge on any atom is -0.271 e. The molecular formula is C17H22BrN3O3S. The van der Waals surface area contributed by atoms with Gasteiger partial charge >= 0.3 is 0 Å². The van der Waals surface area contributed by atoms with Crippen LogP contribution in [-0.4, -0.2) is 35.5 Å². The van der Waals surface area contributed by atoms with Gasteiger partial charge in [0.15, 0.2) is 0 Å². The summed E-state index contributed by atoms with van der Waals surface area (Å²) in [6.07, 6.45) is 1.04. The van der Waals surface area contributed by atoms with Crippen molar-refractivity contribution in [3.05, 3.63) is 47.3 Å². The number of sulfonamides is 1. The molecule has 136 valence electrons. The van der Waals surface area contributed by atoms with Gasteiger partial charge in [0.25, 0.3) is 5.91 Å². The van der Waals surface area contributed by atoms with E-state index < -0.39 is 16.1 Å². The van der Waals surface area contributed by atoms with Gasteiger partial charge in [-0.15, -0.1) is 0 Å². The van der Waals surface area contributed by atoms with Gasteiger partial charge in [-0.25, -0.2) is 13.1 Å². The lowest BCUT2D eigenvalue weighted by Crippen LogP contribution is -2.43. The van der Waals surface area contributed by atoms with Gasteiger partial charge in [0.1, 0.15) is 6.04 Å². The highest BCUT2D eigenvalue weighted by molar-refractivity contribution is 9.09. The Balaban J connectivity index is 2.29. The van der Waals surface area contributed by atoms with E-state index in [9.17, 15) is 13.2 Å². The Bertz CT molecular complexity index is 845. The molecule has 0 amide bonds. The average Bonchev–Trinajstić information content (AvgIpc) is 2.89. The zero-order valence-electron chi connectivity index (χ0n) is 14.5. The van der Waals surface area contributed by atoms with Crippen molar-refractivity contribution in [3.63, 3.8) is 0 Å². The van der Waals surface area contributed by atoms with Crippen LogP contribution in [0.25, 0.3) is 0 Å². The Kier molecular flexibility index (Phi) is 6.53. The standard InChI is InChI=1S/C17H22BrN3O3S/c1-12-6-8-15(9-7-12)25(23,24)20-16(5-4-10-18)17(22)21-14(3)11-13(2)19-21/h6-9,11,16,20H,4-5,10H2,1-3H3. The highest BCUT2D eigenvalue weighted by Gasteiger charge is 2.27. The number of nitrogens with zero attached hydrogens (tertiary/aromatic N) is 2. The van der Waals surface area contributed by atoms with Crippen LogP contribution >= 0.6 is 15.9 Å². The van der Waals surface area contributed by atoms with Crippen LogP contribution in [0.1, 0.15) is 34.6 Å². The number of carbonyl (C=O) groups is 1. The highest BCUT2D eigenvalue weighted by Crippen LogP contribution is 2.14. The first kappa shape index (κ1) is 19.8. The van der Waals surface area contributed by atoms with E-state index >= 15 is 0 Å². The van der Waals surface area contributed by atoms with Crippen molar-refractivity contribution in [2.75, 3.05) is 5.33 Å². The molecular weight excluding hydrogens is 406 g/mol. The summed E-state index contributed by atoms with van der Waals surface area (Å²) in [5, 5.41) is 4.85. The Hall–Kier alpha value is -1.51.